The van der Waals surface area contributed by atoms with Crippen LogP contribution in [-0.2, 0) is 4.79 Å². The molecule has 0 amide bonds. The van der Waals surface area contributed by atoms with Gasteiger partial charge >= 0.3 is 5.97 Å². The monoisotopic (exact) mass is 366 g/mol. The molecule has 0 bridgehead atoms. The molecule has 0 saturated heterocycles. The van der Waals surface area contributed by atoms with Crippen molar-refractivity contribution >= 4 is 39.6 Å². The summed E-state index contributed by atoms with van der Waals surface area (Å²) in [5.74, 6) is 0.160. The smallest absolute Gasteiger partial charge is 0.328 e. The Morgan fingerprint density at radius 2 is 2.00 bits per heavy atom. The van der Waals surface area contributed by atoms with Crippen molar-refractivity contribution in [2.75, 3.05) is 0 Å². The van der Waals surface area contributed by atoms with Crippen molar-refractivity contribution in [3.05, 3.63) is 63.1 Å². The van der Waals surface area contributed by atoms with Gasteiger partial charge in [-0.25, -0.2) is 4.79 Å². The highest BCUT2D eigenvalue weighted by Gasteiger charge is 2.07. The second-order valence-corrected chi connectivity index (χ2v) is 5.72. The lowest BCUT2D eigenvalue weighted by atomic mass is 10.1. The summed E-state index contributed by atoms with van der Waals surface area (Å²) in [7, 11) is 0. The molecule has 5 heteroatoms. The zero-order valence-electron chi connectivity index (χ0n) is 11.1. The fourth-order valence-corrected chi connectivity index (χ4v) is 2.20. The average Bonchev–Trinajstić information content (AvgIpc) is 2.42. The molecule has 0 aromatic heterocycles. The van der Waals surface area contributed by atoms with Gasteiger partial charge in [-0.3, -0.25) is 0 Å². The molecule has 0 heterocycles. The van der Waals surface area contributed by atoms with Crippen molar-refractivity contribution in [1.29, 1.82) is 0 Å². The number of rotatable bonds is 4. The van der Waals surface area contributed by atoms with Gasteiger partial charge in [-0.15, -0.1) is 0 Å². The van der Waals surface area contributed by atoms with Gasteiger partial charge in [-0.05, 0) is 42.8 Å². The average molecular weight is 368 g/mol. The molecule has 0 fully saturated rings. The van der Waals surface area contributed by atoms with E-state index >= 15 is 0 Å². The van der Waals surface area contributed by atoms with E-state index in [0.29, 0.717) is 22.1 Å². The fraction of sp³-hybridized carbons (Fsp3) is 0.0625. The molecule has 0 radical (unpaired) electrons. The quantitative estimate of drug-likeness (QED) is 0.746. The van der Waals surface area contributed by atoms with E-state index in [4.69, 9.17) is 21.4 Å². The van der Waals surface area contributed by atoms with Gasteiger partial charge in [0.2, 0.25) is 0 Å². The number of halogens is 2. The van der Waals surface area contributed by atoms with Crippen LogP contribution in [-0.4, -0.2) is 11.1 Å². The van der Waals surface area contributed by atoms with Crippen LogP contribution in [0.1, 0.15) is 11.1 Å². The molecule has 0 unspecified atom stereocenters. The van der Waals surface area contributed by atoms with Crippen LogP contribution in [0.3, 0.4) is 0 Å². The van der Waals surface area contributed by atoms with E-state index in [1.165, 1.54) is 6.08 Å². The van der Waals surface area contributed by atoms with Crippen LogP contribution in [0.2, 0.25) is 5.02 Å². The molecule has 0 saturated carbocycles. The van der Waals surface area contributed by atoms with Crippen LogP contribution in [0.4, 0.5) is 0 Å². The molecule has 1 N–H and O–H groups in total. The molecular formula is C16H12BrClO3. The second kappa shape index (κ2) is 6.78. The molecule has 2 aromatic carbocycles. The molecule has 0 aliphatic heterocycles. The third-order valence-corrected chi connectivity index (χ3v) is 3.48. The van der Waals surface area contributed by atoms with Crippen LogP contribution in [0.25, 0.3) is 6.08 Å². The van der Waals surface area contributed by atoms with Crippen molar-refractivity contribution in [2.45, 2.75) is 6.92 Å². The number of aryl methyl sites for hydroxylation is 1. The maximum Gasteiger partial charge on any atom is 0.328 e. The van der Waals surface area contributed by atoms with Gasteiger partial charge in [0.1, 0.15) is 11.5 Å². The molecule has 0 atom stereocenters. The topological polar surface area (TPSA) is 46.5 Å². The van der Waals surface area contributed by atoms with Crippen LogP contribution >= 0.6 is 27.5 Å². The summed E-state index contributed by atoms with van der Waals surface area (Å²) in [5, 5.41) is 9.25. The Bertz CT molecular complexity index is 711. The Hall–Kier alpha value is -1.78. The fourth-order valence-electron chi connectivity index (χ4n) is 1.70. The zero-order chi connectivity index (χ0) is 15.4. The number of carboxylic acid groups (broad SMARTS) is 1. The molecule has 3 nitrogen and oxygen atoms in total. The molecule has 108 valence electrons. The molecule has 0 spiro atoms. The van der Waals surface area contributed by atoms with E-state index < -0.39 is 5.97 Å². The first kappa shape index (κ1) is 15.6. The molecule has 2 aromatic rings. The van der Waals surface area contributed by atoms with Crippen LogP contribution in [0.5, 0.6) is 11.5 Å². The number of benzene rings is 2. The lowest BCUT2D eigenvalue weighted by molar-refractivity contribution is -0.131. The first-order valence-electron chi connectivity index (χ1n) is 6.10. The van der Waals surface area contributed by atoms with E-state index in [1.807, 2.05) is 25.1 Å². The summed E-state index contributed by atoms with van der Waals surface area (Å²) in [4.78, 5) is 10.6. The summed E-state index contributed by atoms with van der Waals surface area (Å²) in [6.07, 6.45) is 2.53. The van der Waals surface area contributed by atoms with Crippen molar-refractivity contribution in [3.8, 4) is 11.5 Å². The SMILES string of the molecule is Cc1ccc(Br)cc1Oc1cc(Cl)ccc1/C=C/C(=O)O. The molecule has 0 aliphatic carbocycles. The van der Waals surface area contributed by atoms with Gasteiger partial charge < -0.3 is 9.84 Å². The van der Waals surface area contributed by atoms with Crippen molar-refractivity contribution in [2.24, 2.45) is 0 Å². The molecule has 0 aliphatic rings. The Kier molecular flexibility index (Phi) is 5.04. The molecule has 2 rings (SSSR count). The minimum atomic E-state index is -1.02. The normalized spacial score (nSPS) is 10.8. The summed E-state index contributed by atoms with van der Waals surface area (Å²) in [5.41, 5.74) is 1.60. The maximum absolute atomic E-state index is 10.6. The van der Waals surface area contributed by atoms with E-state index in [2.05, 4.69) is 15.9 Å². The van der Waals surface area contributed by atoms with Crippen molar-refractivity contribution in [3.63, 3.8) is 0 Å². The van der Waals surface area contributed by atoms with E-state index in [1.54, 1.807) is 18.2 Å². The Morgan fingerprint density at radius 3 is 2.71 bits per heavy atom. The maximum atomic E-state index is 10.6. The first-order valence-corrected chi connectivity index (χ1v) is 7.27. The number of carbonyl (C=O) groups is 1. The number of aliphatic carboxylic acids is 1. The van der Waals surface area contributed by atoms with E-state index in [0.717, 1.165) is 16.1 Å². The minimum Gasteiger partial charge on any atom is -0.478 e. The standard InChI is InChI=1S/C16H12BrClO3/c1-10-2-5-12(17)8-14(10)21-15-9-13(18)6-3-11(15)4-7-16(19)20/h2-9H,1H3,(H,19,20)/b7-4+. The van der Waals surface area contributed by atoms with E-state index in [9.17, 15) is 4.79 Å². The second-order valence-electron chi connectivity index (χ2n) is 4.37. The number of carboxylic acids is 1. The predicted molar refractivity (Wildman–Crippen MR) is 87.1 cm³/mol. The summed E-state index contributed by atoms with van der Waals surface area (Å²) < 4.78 is 6.77. The Morgan fingerprint density at radius 1 is 1.24 bits per heavy atom. The lowest BCUT2D eigenvalue weighted by Gasteiger charge is -2.12. The number of hydrogen-bond donors (Lipinski definition) is 1. The van der Waals surface area contributed by atoms with Gasteiger partial charge in [-0.1, -0.05) is 33.6 Å². The number of ether oxygens (including phenoxy) is 1. The third kappa shape index (κ3) is 4.34. The van der Waals surface area contributed by atoms with E-state index in [-0.39, 0.29) is 0 Å². The van der Waals surface area contributed by atoms with Crippen molar-refractivity contribution < 1.29 is 14.6 Å². The van der Waals surface area contributed by atoms with Crippen LogP contribution in [0, 0.1) is 6.92 Å². The highest BCUT2D eigenvalue weighted by atomic mass is 79.9. The highest BCUT2D eigenvalue weighted by Crippen LogP contribution is 2.32. The lowest BCUT2D eigenvalue weighted by Crippen LogP contribution is -1.91. The molecule has 21 heavy (non-hydrogen) atoms. The van der Waals surface area contributed by atoms with Gasteiger partial charge in [0.05, 0.1) is 0 Å². The van der Waals surface area contributed by atoms with Gasteiger partial charge in [0.25, 0.3) is 0 Å². The molecular weight excluding hydrogens is 356 g/mol. The summed E-state index contributed by atoms with van der Waals surface area (Å²) >= 11 is 9.38. The highest BCUT2D eigenvalue weighted by molar-refractivity contribution is 9.10. The van der Waals surface area contributed by atoms with Gasteiger partial charge in [0.15, 0.2) is 0 Å². The predicted octanol–water partition coefficient (Wildman–Crippen LogP) is 5.30. The van der Waals surface area contributed by atoms with Crippen molar-refractivity contribution in [1.82, 2.24) is 0 Å². The zero-order valence-corrected chi connectivity index (χ0v) is 13.5. The van der Waals surface area contributed by atoms with Gasteiger partial charge in [0, 0.05) is 27.2 Å². The summed E-state index contributed by atoms with van der Waals surface area (Å²) in [6, 6.07) is 10.8. The third-order valence-electron chi connectivity index (χ3n) is 2.75. The number of hydrogen-bond acceptors (Lipinski definition) is 2. The minimum absolute atomic E-state index is 0.501. The summed E-state index contributed by atoms with van der Waals surface area (Å²) in [6.45, 7) is 1.93. The Labute approximate surface area is 135 Å². The largest absolute Gasteiger partial charge is 0.478 e. The Balaban J connectivity index is 2.40. The van der Waals surface area contributed by atoms with Gasteiger partial charge in [-0.2, -0.15) is 0 Å². The van der Waals surface area contributed by atoms with Crippen LogP contribution < -0.4 is 4.74 Å². The van der Waals surface area contributed by atoms with Crippen LogP contribution in [0.15, 0.2) is 46.9 Å². The first-order chi connectivity index (χ1) is 9.95.